The number of anilines is 1. The molecule has 3 N–H and O–H groups in total. The molecule has 0 saturated carbocycles. The number of carbonyl (C=O) groups excluding carboxylic acids is 1. The molecule has 1 atom stereocenters. The highest BCUT2D eigenvalue weighted by Crippen LogP contribution is 2.29. The van der Waals surface area contributed by atoms with Crippen LogP contribution in [0.2, 0.25) is 5.02 Å². The van der Waals surface area contributed by atoms with Gasteiger partial charge in [-0.1, -0.05) is 68.4 Å². The number of nitrogens with two attached hydrogens (primary N) is 1. The number of hydrogen-bond donors (Lipinski definition) is 2. The third kappa shape index (κ3) is 4.94. The van der Waals surface area contributed by atoms with Gasteiger partial charge in [-0.2, -0.15) is 0 Å². The summed E-state index contributed by atoms with van der Waals surface area (Å²) >= 11 is 7.13. The van der Waals surface area contributed by atoms with E-state index in [4.69, 9.17) is 17.4 Å². The SMILES string of the molecule is CC(Sc1nnc(-c2ccc(C(C)(C)C)cc2)n1N)C(=O)Nc1ccc(F)cc1Cl. The molecule has 0 aliphatic carbocycles. The van der Waals surface area contributed by atoms with Gasteiger partial charge in [0.2, 0.25) is 11.1 Å². The first-order chi connectivity index (χ1) is 14.1. The molecule has 1 aromatic heterocycles. The fourth-order valence-corrected chi connectivity index (χ4v) is 3.70. The lowest BCUT2D eigenvalue weighted by molar-refractivity contribution is -0.115. The molecule has 0 radical (unpaired) electrons. The van der Waals surface area contributed by atoms with Gasteiger partial charge in [-0.05, 0) is 36.1 Å². The molecule has 0 saturated heterocycles. The van der Waals surface area contributed by atoms with E-state index in [0.29, 0.717) is 16.7 Å². The molecule has 9 heteroatoms. The number of aromatic nitrogens is 3. The van der Waals surface area contributed by atoms with Gasteiger partial charge in [-0.3, -0.25) is 4.79 Å². The van der Waals surface area contributed by atoms with Crippen molar-refractivity contribution in [2.45, 2.75) is 43.5 Å². The summed E-state index contributed by atoms with van der Waals surface area (Å²) in [5, 5.41) is 11.0. The minimum absolute atomic E-state index is 0.0478. The van der Waals surface area contributed by atoms with E-state index in [1.807, 2.05) is 24.3 Å². The first-order valence-electron chi connectivity index (χ1n) is 9.30. The number of halogens is 2. The number of nitrogens with one attached hydrogen (secondary N) is 1. The first kappa shape index (κ1) is 22.1. The van der Waals surface area contributed by atoms with Crippen LogP contribution in [0.15, 0.2) is 47.6 Å². The lowest BCUT2D eigenvalue weighted by atomic mass is 9.87. The Morgan fingerprint density at radius 2 is 1.87 bits per heavy atom. The Kier molecular flexibility index (Phi) is 6.38. The average molecular weight is 448 g/mol. The number of amides is 1. The molecule has 1 amide bonds. The fourth-order valence-electron chi connectivity index (χ4n) is 2.71. The third-order valence-corrected chi connectivity index (χ3v) is 5.88. The van der Waals surface area contributed by atoms with Gasteiger partial charge in [0.05, 0.1) is 16.0 Å². The van der Waals surface area contributed by atoms with E-state index in [-0.39, 0.29) is 16.3 Å². The molecule has 158 valence electrons. The predicted octanol–water partition coefficient (Wildman–Crippen LogP) is 4.87. The summed E-state index contributed by atoms with van der Waals surface area (Å²) in [6, 6.07) is 11.8. The third-order valence-electron chi connectivity index (χ3n) is 4.51. The molecular weight excluding hydrogens is 425 g/mol. The zero-order valence-electron chi connectivity index (χ0n) is 17.1. The summed E-state index contributed by atoms with van der Waals surface area (Å²) in [5.41, 5.74) is 2.42. The highest BCUT2D eigenvalue weighted by atomic mass is 35.5. The number of hydrogen-bond acceptors (Lipinski definition) is 5. The van der Waals surface area contributed by atoms with Crippen LogP contribution in [0.3, 0.4) is 0 Å². The summed E-state index contributed by atoms with van der Waals surface area (Å²) < 4.78 is 14.5. The molecule has 6 nitrogen and oxygen atoms in total. The smallest absolute Gasteiger partial charge is 0.237 e. The summed E-state index contributed by atoms with van der Waals surface area (Å²) in [6.45, 7) is 8.15. The van der Waals surface area contributed by atoms with Crippen molar-refractivity contribution in [1.29, 1.82) is 0 Å². The van der Waals surface area contributed by atoms with Gasteiger partial charge in [0.25, 0.3) is 0 Å². The van der Waals surface area contributed by atoms with E-state index in [9.17, 15) is 9.18 Å². The van der Waals surface area contributed by atoms with E-state index in [1.165, 1.54) is 22.4 Å². The van der Waals surface area contributed by atoms with Crippen molar-refractivity contribution in [3.05, 3.63) is 58.9 Å². The normalized spacial score (nSPS) is 12.6. The molecule has 0 aliphatic heterocycles. The zero-order valence-corrected chi connectivity index (χ0v) is 18.7. The van der Waals surface area contributed by atoms with Crippen LogP contribution in [0, 0.1) is 5.82 Å². The number of nitrogen functional groups attached to an aromatic ring is 1. The zero-order chi connectivity index (χ0) is 22.1. The summed E-state index contributed by atoms with van der Waals surface area (Å²) in [5.74, 6) is 5.90. The summed E-state index contributed by atoms with van der Waals surface area (Å²) in [4.78, 5) is 12.5. The second-order valence-corrected chi connectivity index (χ2v) is 9.59. The van der Waals surface area contributed by atoms with Gasteiger partial charge in [0.15, 0.2) is 5.82 Å². The van der Waals surface area contributed by atoms with Crippen LogP contribution < -0.4 is 11.2 Å². The minimum Gasteiger partial charge on any atom is -0.335 e. The summed E-state index contributed by atoms with van der Waals surface area (Å²) in [6.07, 6.45) is 0. The van der Waals surface area contributed by atoms with Crippen LogP contribution in [0.25, 0.3) is 11.4 Å². The minimum atomic E-state index is -0.534. The van der Waals surface area contributed by atoms with Gasteiger partial charge in [0, 0.05) is 5.56 Å². The van der Waals surface area contributed by atoms with Gasteiger partial charge in [-0.15, -0.1) is 10.2 Å². The predicted molar refractivity (Wildman–Crippen MR) is 120 cm³/mol. The van der Waals surface area contributed by atoms with Gasteiger partial charge in [0.1, 0.15) is 5.82 Å². The first-order valence-corrected chi connectivity index (χ1v) is 10.6. The highest BCUT2D eigenvalue weighted by molar-refractivity contribution is 8.00. The van der Waals surface area contributed by atoms with Gasteiger partial charge < -0.3 is 11.2 Å². The van der Waals surface area contributed by atoms with E-state index in [2.05, 4.69) is 36.3 Å². The van der Waals surface area contributed by atoms with Crippen molar-refractivity contribution in [3.63, 3.8) is 0 Å². The maximum Gasteiger partial charge on any atom is 0.237 e. The number of benzene rings is 2. The van der Waals surface area contributed by atoms with Crippen LogP contribution in [-0.2, 0) is 10.2 Å². The molecule has 0 spiro atoms. The molecule has 0 bridgehead atoms. The van der Waals surface area contributed by atoms with Gasteiger partial charge in [-0.25, -0.2) is 9.07 Å². The number of rotatable bonds is 5. The Morgan fingerprint density at radius 3 is 2.47 bits per heavy atom. The van der Waals surface area contributed by atoms with Crippen molar-refractivity contribution in [2.24, 2.45) is 0 Å². The second kappa shape index (κ2) is 8.65. The molecule has 3 rings (SSSR count). The number of nitrogens with zero attached hydrogens (tertiary/aromatic N) is 3. The lowest BCUT2D eigenvalue weighted by Gasteiger charge is -2.19. The molecule has 0 aliphatic rings. The fraction of sp³-hybridized carbons (Fsp3) is 0.286. The second-order valence-electron chi connectivity index (χ2n) is 7.88. The number of carbonyl (C=O) groups is 1. The van der Waals surface area contributed by atoms with Crippen molar-refractivity contribution in [1.82, 2.24) is 14.9 Å². The largest absolute Gasteiger partial charge is 0.335 e. The van der Waals surface area contributed by atoms with Crippen LogP contribution in [0.4, 0.5) is 10.1 Å². The van der Waals surface area contributed by atoms with Crippen molar-refractivity contribution in [2.75, 3.05) is 11.2 Å². The van der Waals surface area contributed by atoms with Crippen molar-refractivity contribution >= 4 is 35.0 Å². The molecule has 3 aromatic rings. The maximum atomic E-state index is 13.2. The molecule has 1 heterocycles. The Balaban J connectivity index is 1.71. The monoisotopic (exact) mass is 447 g/mol. The maximum absolute atomic E-state index is 13.2. The quantitative estimate of drug-likeness (QED) is 0.430. The molecule has 0 fully saturated rings. The average Bonchev–Trinajstić information content (AvgIpc) is 3.03. The highest BCUT2D eigenvalue weighted by Gasteiger charge is 2.21. The number of thioether (sulfide) groups is 1. The molecule has 30 heavy (non-hydrogen) atoms. The topological polar surface area (TPSA) is 85.8 Å². The summed E-state index contributed by atoms with van der Waals surface area (Å²) in [7, 11) is 0. The Morgan fingerprint density at radius 1 is 1.20 bits per heavy atom. The standard InChI is InChI=1S/C21H23ClFN5OS/c1-12(19(29)25-17-10-9-15(23)11-16(17)22)30-20-27-26-18(28(20)24)13-5-7-14(8-6-13)21(2,3)4/h5-12H,24H2,1-4H3,(H,25,29). The van der Waals surface area contributed by atoms with Crippen LogP contribution >= 0.6 is 23.4 Å². The van der Waals surface area contributed by atoms with Crippen LogP contribution in [-0.4, -0.2) is 26.0 Å². The van der Waals surface area contributed by atoms with E-state index in [0.717, 1.165) is 23.4 Å². The lowest BCUT2D eigenvalue weighted by Crippen LogP contribution is -2.23. The molecular formula is C21H23ClFN5OS. The van der Waals surface area contributed by atoms with Crippen LogP contribution in [0.1, 0.15) is 33.3 Å². The Labute approximate surface area is 184 Å². The van der Waals surface area contributed by atoms with E-state index < -0.39 is 11.1 Å². The Bertz CT molecular complexity index is 1060. The molecule has 1 unspecified atom stereocenters. The van der Waals surface area contributed by atoms with E-state index in [1.54, 1.807) is 6.92 Å². The van der Waals surface area contributed by atoms with E-state index >= 15 is 0 Å². The van der Waals surface area contributed by atoms with Crippen molar-refractivity contribution < 1.29 is 9.18 Å². The Hall–Kier alpha value is -2.58. The van der Waals surface area contributed by atoms with Crippen LogP contribution in [0.5, 0.6) is 0 Å². The van der Waals surface area contributed by atoms with Gasteiger partial charge >= 0.3 is 0 Å². The molecule has 2 aromatic carbocycles. The van der Waals surface area contributed by atoms with Crippen molar-refractivity contribution in [3.8, 4) is 11.4 Å².